The molecule has 0 saturated heterocycles. The number of benzene rings is 1. The Morgan fingerprint density at radius 2 is 2.12 bits per heavy atom. The van der Waals surface area contributed by atoms with Crippen molar-refractivity contribution in [2.75, 3.05) is 7.11 Å². The van der Waals surface area contributed by atoms with Gasteiger partial charge in [-0.15, -0.1) is 0 Å². The number of ether oxygens (including phenoxy) is 1. The van der Waals surface area contributed by atoms with Crippen molar-refractivity contribution in [2.24, 2.45) is 5.73 Å². The molecule has 0 aliphatic rings. The van der Waals surface area contributed by atoms with E-state index in [1.54, 1.807) is 13.3 Å². The van der Waals surface area contributed by atoms with Crippen molar-refractivity contribution in [1.82, 2.24) is 9.78 Å². The third-order valence-electron chi connectivity index (χ3n) is 2.84. The van der Waals surface area contributed by atoms with Gasteiger partial charge in [-0.05, 0) is 19.1 Å². The van der Waals surface area contributed by atoms with Crippen LogP contribution in [0, 0.1) is 6.92 Å². The van der Waals surface area contributed by atoms with Gasteiger partial charge in [-0.25, -0.2) is 0 Å². The van der Waals surface area contributed by atoms with Gasteiger partial charge in [-0.1, -0.05) is 18.2 Å². The number of hydrogen-bond acceptors (Lipinski definition) is 3. The minimum atomic E-state index is -0.121. The maximum absolute atomic E-state index is 6.19. The number of rotatable bonds is 4. The van der Waals surface area contributed by atoms with E-state index in [1.807, 2.05) is 41.9 Å². The molecule has 1 aromatic heterocycles. The molecule has 17 heavy (non-hydrogen) atoms. The topological polar surface area (TPSA) is 53.1 Å². The van der Waals surface area contributed by atoms with Crippen molar-refractivity contribution in [3.05, 3.63) is 47.8 Å². The van der Waals surface area contributed by atoms with Crippen molar-refractivity contribution < 1.29 is 4.74 Å². The summed E-state index contributed by atoms with van der Waals surface area (Å²) in [6.07, 6.45) is 1.78. The second-order valence-electron chi connectivity index (χ2n) is 4.00. The molecule has 0 saturated carbocycles. The highest BCUT2D eigenvalue weighted by Gasteiger charge is 2.12. The van der Waals surface area contributed by atoms with E-state index in [-0.39, 0.29) is 6.04 Å². The quantitative estimate of drug-likeness (QED) is 0.874. The van der Waals surface area contributed by atoms with Crippen molar-refractivity contribution in [3.63, 3.8) is 0 Å². The van der Waals surface area contributed by atoms with Crippen molar-refractivity contribution >= 4 is 0 Å². The Hall–Kier alpha value is -1.81. The van der Waals surface area contributed by atoms with Crippen LogP contribution < -0.4 is 10.5 Å². The van der Waals surface area contributed by atoms with Gasteiger partial charge in [-0.3, -0.25) is 4.68 Å². The molecule has 1 atom stereocenters. The first-order valence-electron chi connectivity index (χ1n) is 5.59. The van der Waals surface area contributed by atoms with E-state index >= 15 is 0 Å². The minimum absolute atomic E-state index is 0.121. The van der Waals surface area contributed by atoms with Crippen molar-refractivity contribution in [1.29, 1.82) is 0 Å². The van der Waals surface area contributed by atoms with Gasteiger partial charge in [0.25, 0.3) is 0 Å². The van der Waals surface area contributed by atoms with Crippen molar-refractivity contribution in [3.8, 4) is 5.75 Å². The minimum Gasteiger partial charge on any atom is -0.496 e. The molecule has 0 amide bonds. The zero-order valence-electron chi connectivity index (χ0n) is 10.1. The molecule has 0 aliphatic heterocycles. The Bertz CT molecular complexity index is 493. The average Bonchev–Trinajstić information content (AvgIpc) is 2.75. The Morgan fingerprint density at radius 1 is 1.35 bits per heavy atom. The van der Waals surface area contributed by atoms with Gasteiger partial charge >= 0.3 is 0 Å². The first-order valence-corrected chi connectivity index (χ1v) is 5.59. The highest BCUT2D eigenvalue weighted by molar-refractivity contribution is 5.35. The number of hydrogen-bond donors (Lipinski definition) is 1. The fraction of sp³-hybridized carbons (Fsp3) is 0.308. The monoisotopic (exact) mass is 231 g/mol. The van der Waals surface area contributed by atoms with Crippen LogP contribution in [0.25, 0.3) is 0 Å². The average molecular weight is 231 g/mol. The first-order chi connectivity index (χ1) is 8.22. The Morgan fingerprint density at radius 3 is 2.76 bits per heavy atom. The lowest BCUT2D eigenvalue weighted by molar-refractivity contribution is 0.400. The van der Waals surface area contributed by atoms with Crippen LogP contribution in [0.1, 0.15) is 17.3 Å². The van der Waals surface area contributed by atoms with E-state index < -0.39 is 0 Å². The number of aromatic nitrogens is 2. The summed E-state index contributed by atoms with van der Waals surface area (Å²) >= 11 is 0. The Balaban J connectivity index is 2.20. The van der Waals surface area contributed by atoms with Gasteiger partial charge in [0.05, 0.1) is 19.7 Å². The van der Waals surface area contributed by atoms with Crippen LogP contribution >= 0.6 is 0 Å². The fourth-order valence-corrected chi connectivity index (χ4v) is 1.85. The number of nitrogens with zero attached hydrogens (tertiary/aromatic N) is 2. The van der Waals surface area contributed by atoms with E-state index in [0.717, 1.165) is 17.0 Å². The Kier molecular flexibility index (Phi) is 3.44. The van der Waals surface area contributed by atoms with E-state index in [9.17, 15) is 0 Å². The highest BCUT2D eigenvalue weighted by Crippen LogP contribution is 2.24. The van der Waals surface area contributed by atoms with Gasteiger partial charge in [0.15, 0.2) is 0 Å². The normalized spacial score (nSPS) is 12.4. The summed E-state index contributed by atoms with van der Waals surface area (Å²) in [5.41, 5.74) is 8.30. The van der Waals surface area contributed by atoms with E-state index in [4.69, 9.17) is 10.5 Å². The molecule has 4 nitrogen and oxygen atoms in total. The maximum Gasteiger partial charge on any atom is 0.123 e. The summed E-state index contributed by atoms with van der Waals surface area (Å²) in [5.74, 6) is 0.824. The van der Waals surface area contributed by atoms with E-state index in [1.165, 1.54) is 0 Å². The molecule has 2 N–H and O–H groups in total. The molecule has 2 rings (SSSR count). The molecule has 1 aromatic carbocycles. The van der Waals surface area contributed by atoms with Gasteiger partial charge in [0.2, 0.25) is 0 Å². The molecule has 0 spiro atoms. The third-order valence-corrected chi connectivity index (χ3v) is 2.84. The van der Waals surface area contributed by atoms with E-state index in [2.05, 4.69) is 5.10 Å². The van der Waals surface area contributed by atoms with Crippen LogP contribution in [-0.4, -0.2) is 16.9 Å². The molecular formula is C13H17N3O. The summed E-state index contributed by atoms with van der Waals surface area (Å²) in [6.45, 7) is 2.67. The lowest BCUT2D eigenvalue weighted by Gasteiger charge is -2.16. The zero-order valence-corrected chi connectivity index (χ0v) is 10.1. The van der Waals surface area contributed by atoms with Crippen LogP contribution in [0.2, 0.25) is 0 Å². The summed E-state index contributed by atoms with van der Waals surface area (Å²) in [7, 11) is 1.66. The third kappa shape index (κ3) is 2.47. The molecule has 2 aromatic rings. The van der Waals surface area contributed by atoms with Crippen LogP contribution in [0.5, 0.6) is 5.75 Å². The van der Waals surface area contributed by atoms with Crippen molar-refractivity contribution in [2.45, 2.75) is 19.5 Å². The summed E-state index contributed by atoms with van der Waals surface area (Å²) in [6, 6.07) is 9.66. The van der Waals surface area contributed by atoms with Crippen LogP contribution in [0.4, 0.5) is 0 Å². The van der Waals surface area contributed by atoms with Gasteiger partial charge in [0, 0.05) is 17.5 Å². The smallest absolute Gasteiger partial charge is 0.123 e. The lowest BCUT2D eigenvalue weighted by atomic mass is 10.1. The second-order valence-corrected chi connectivity index (χ2v) is 4.00. The highest BCUT2D eigenvalue weighted by atomic mass is 16.5. The van der Waals surface area contributed by atoms with Gasteiger partial charge in [0.1, 0.15) is 5.75 Å². The fourth-order valence-electron chi connectivity index (χ4n) is 1.85. The Labute approximate surface area is 101 Å². The standard InChI is InChI=1S/C13H17N3O/c1-10-7-8-15-16(10)9-12(14)11-5-3-4-6-13(11)17-2/h3-8,12H,9,14H2,1-2H3. The lowest BCUT2D eigenvalue weighted by Crippen LogP contribution is -2.19. The molecule has 0 radical (unpaired) electrons. The van der Waals surface area contributed by atoms with Gasteiger partial charge in [-0.2, -0.15) is 5.10 Å². The molecule has 4 heteroatoms. The second kappa shape index (κ2) is 5.01. The molecule has 1 heterocycles. The number of methoxy groups -OCH3 is 1. The molecule has 90 valence electrons. The SMILES string of the molecule is COc1ccccc1C(N)Cn1nccc1C. The number of para-hydroxylation sites is 1. The largest absolute Gasteiger partial charge is 0.496 e. The molecular weight excluding hydrogens is 214 g/mol. The molecule has 1 unspecified atom stereocenters. The van der Waals surface area contributed by atoms with Crippen LogP contribution in [0.15, 0.2) is 36.5 Å². The number of aryl methyl sites for hydroxylation is 1. The van der Waals surface area contributed by atoms with Crippen LogP contribution in [0.3, 0.4) is 0 Å². The summed E-state index contributed by atoms with van der Waals surface area (Å²) in [5, 5.41) is 4.23. The summed E-state index contributed by atoms with van der Waals surface area (Å²) in [4.78, 5) is 0. The molecule has 0 fully saturated rings. The molecule has 0 aliphatic carbocycles. The van der Waals surface area contributed by atoms with Gasteiger partial charge < -0.3 is 10.5 Å². The summed E-state index contributed by atoms with van der Waals surface area (Å²) < 4.78 is 7.21. The van der Waals surface area contributed by atoms with E-state index in [0.29, 0.717) is 6.54 Å². The predicted octanol–water partition coefficient (Wildman–Crippen LogP) is 1.90. The first kappa shape index (κ1) is 11.7. The van der Waals surface area contributed by atoms with Crippen LogP contribution in [-0.2, 0) is 6.54 Å². The maximum atomic E-state index is 6.19. The molecule has 0 bridgehead atoms. The zero-order chi connectivity index (χ0) is 12.3. The predicted molar refractivity (Wildman–Crippen MR) is 66.9 cm³/mol. The number of nitrogens with two attached hydrogens (primary N) is 1.